The predicted molar refractivity (Wildman–Crippen MR) is 97.4 cm³/mol. The quantitative estimate of drug-likeness (QED) is 0.844. The number of hydrogen-bond acceptors (Lipinski definition) is 4. The van der Waals surface area contributed by atoms with Crippen molar-refractivity contribution in [1.29, 1.82) is 0 Å². The van der Waals surface area contributed by atoms with Crippen molar-refractivity contribution < 1.29 is 13.2 Å². The number of halogens is 1. The van der Waals surface area contributed by atoms with Crippen LogP contribution >= 0.6 is 23.4 Å². The molecule has 1 amide bonds. The van der Waals surface area contributed by atoms with Crippen molar-refractivity contribution >= 4 is 50.7 Å². The van der Waals surface area contributed by atoms with Crippen LogP contribution in [-0.2, 0) is 14.8 Å². The molecule has 0 fully saturated rings. The summed E-state index contributed by atoms with van der Waals surface area (Å²) < 4.78 is 27.6. The first-order valence-corrected chi connectivity index (χ1v) is 9.91. The molecule has 2 N–H and O–H groups in total. The summed E-state index contributed by atoms with van der Waals surface area (Å²) in [5.74, 6) is -0.139. The van der Waals surface area contributed by atoms with Gasteiger partial charge in [0.1, 0.15) is 0 Å². The predicted octanol–water partition coefficient (Wildman–Crippen LogP) is 3.88. The molecule has 2 aromatic rings. The summed E-state index contributed by atoms with van der Waals surface area (Å²) in [4.78, 5) is 12.7. The number of anilines is 2. The van der Waals surface area contributed by atoms with Gasteiger partial charge in [-0.1, -0.05) is 17.7 Å². The first kappa shape index (κ1) is 17.1. The first-order chi connectivity index (χ1) is 11.3. The van der Waals surface area contributed by atoms with Crippen LogP contribution in [0.3, 0.4) is 0 Å². The molecule has 0 aromatic heterocycles. The van der Waals surface area contributed by atoms with E-state index in [4.69, 9.17) is 11.6 Å². The third-order valence-corrected chi connectivity index (χ3v) is 6.58. The fraction of sp³-hybridized carbons (Fsp3) is 0.188. The molecule has 2 aromatic carbocycles. The maximum Gasteiger partial charge on any atom is 0.261 e. The average molecular weight is 383 g/mol. The van der Waals surface area contributed by atoms with E-state index in [0.29, 0.717) is 16.4 Å². The Hall–Kier alpha value is -1.70. The zero-order valence-electron chi connectivity index (χ0n) is 13.0. The lowest BCUT2D eigenvalue weighted by molar-refractivity contribution is -0.115. The van der Waals surface area contributed by atoms with E-state index in [1.165, 1.54) is 23.9 Å². The van der Waals surface area contributed by atoms with E-state index in [1.54, 1.807) is 31.2 Å². The lowest BCUT2D eigenvalue weighted by atomic mass is 10.2. The Kier molecular flexibility index (Phi) is 4.50. The minimum atomic E-state index is -3.78. The lowest BCUT2D eigenvalue weighted by Crippen LogP contribution is -2.26. The van der Waals surface area contributed by atoms with E-state index in [0.717, 1.165) is 10.5 Å². The molecular formula is C16H15ClN2O3S2. The first-order valence-electron chi connectivity index (χ1n) is 7.17. The number of carbonyl (C=O) groups is 1. The van der Waals surface area contributed by atoms with Gasteiger partial charge < -0.3 is 5.32 Å². The molecule has 1 aliphatic heterocycles. The normalized spacial score (nSPS) is 17.1. The van der Waals surface area contributed by atoms with Gasteiger partial charge in [0.15, 0.2) is 0 Å². The highest BCUT2D eigenvalue weighted by atomic mass is 35.5. The third-order valence-electron chi connectivity index (χ3n) is 3.62. The summed E-state index contributed by atoms with van der Waals surface area (Å²) in [5, 5.41) is 3.01. The van der Waals surface area contributed by atoms with Crippen LogP contribution in [-0.4, -0.2) is 19.6 Å². The number of sulfonamides is 1. The molecule has 24 heavy (non-hydrogen) atoms. The molecule has 1 unspecified atom stereocenters. The number of fused-ring (bicyclic) bond motifs is 1. The molecule has 0 saturated carbocycles. The molecule has 126 valence electrons. The third kappa shape index (κ3) is 3.38. The van der Waals surface area contributed by atoms with Crippen LogP contribution in [0.5, 0.6) is 0 Å². The van der Waals surface area contributed by atoms with Crippen LogP contribution in [0.2, 0.25) is 5.02 Å². The average Bonchev–Trinajstić information content (AvgIpc) is 2.51. The fourth-order valence-corrected chi connectivity index (χ4v) is 4.41. The van der Waals surface area contributed by atoms with Gasteiger partial charge in [0.05, 0.1) is 21.5 Å². The van der Waals surface area contributed by atoms with Crippen molar-refractivity contribution in [2.24, 2.45) is 0 Å². The number of aryl methyl sites for hydroxylation is 1. The second kappa shape index (κ2) is 6.31. The Morgan fingerprint density at radius 1 is 1.21 bits per heavy atom. The molecule has 5 nitrogen and oxygen atoms in total. The van der Waals surface area contributed by atoms with E-state index in [1.807, 2.05) is 6.92 Å². The van der Waals surface area contributed by atoms with Crippen molar-refractivity contribution in [2.45, 2.75) is 28.9 Å². The van der Waals surface area contributed by atoms with E-state index in [2.05, 4.69) is 10.0 Å². The monoisotopic (exact) mass is 382 g/mol. The molecule has 1 aliphatic rings. The smallest absolute Gasteiger partial charge is 0.261 e. The largest absolute Gasteiger partial charge is 0.324 e. The van der Waals surface area contributed by atoms with Crippen LogP contribution < -0.4 is 10.0 Å². The molecule has 1 heterocycles. The summed E-state index contributed by atoms with van der Waals surface area (Å²) in [6.45, 7) is 3.64. The Balaban J connectivity index is 1.91. The van der Waals surface area contributed by atoms with Gasteiger partial charge in [0.2, 0.25) is 5.91 Å². The summed E-state index contributed by atoms with van der Waals surface area (Å²) in [5.41, 5.74) is 1.76. The number of hydrogen-bond donors (Lipinski definition) is 2. The van der Waals surface area contributed by atoms with Crippen molar-refractivity contribution in [2.75, 3.05) is 10.0 Å². The molecule has 0 radical (unpaired) electrons. The van der Waals surface area contributed by atoms with Crippen LogP contribution in [0.4, 0.5) is 11.4 Å². The van der Waals surface area contributed by atoms with E-state index in [-0.39, 0.29) is 16.1 Å². The zero-order valence-corrected chi connectivity index (χ0v) is 15.3. The van der Waals surface area contributed by atoms with Gasteiger partial charge in [0.25, 0.3) is 10.0 Å². The minimum absolute atomic E-state index is 0.0772. The molecule has 0 saturated heterocycles. The molecule has 0 bridgehead atoms. The van der Waals surface area contributed by atoms with Crippen LogP contribution in [0.15, 0.2) is 46.2 Å². The van der Waals surface area contributed by atoms with Crippen molar-refractivity contribution in [1.82, 2.24) is 0 Å². The molecule has 0 aliphatic carbocycles. The second-order valence-electron chi connectivity index (χ2n) is 5.48. The van der Waals surface area contributed by atoms with E-state index >= 15 is 0 Å². The number of benzene rings is 2. The van der Waals surface area contributed by atoms with Gasteiger partial charge in [-0.25, -0.2) is 8.42 Å². The maximum absolute atomic E-state index is 12.6. The molecule has 8 heteroatoms. The maximum atomic E-state index is 12.6. The zero-order chi connectivity index (χ0) is 17.5. The van der Waals surface area contributed by atoms with Gasteiger partial charge in [-0.2, -0.15) is 0 Å². The van der Waals surface area contributed by atoms with Crippen LogP contribution in [0.25, 0.3) is 0 Å². The Morgan fingerprint density at radius 3 is 2.67 bits per heavy atom. The summed E-state index contributed by atoms with van der Waals surface area (Å²) >= 11 is 7.43. The number of nitrogens with one attached hydrogen (secondary N) is 2. The molecule has 3 rings (SSSR count). The minimum Gasteiger partial charge on any atom is -0.324 e. The molecule has 0 spiro atoms. The lowest BCUT2D eigenvalue weighted by Gasteiger charge is -2.22. The van der Waals surface area contributed by atoms with Crippen molar-refractivity contribution in [3.63, 3.8) is 0 Å². The van der Waals surface area contributed by atoms with E-state index < -0.39 is 10.0 Å². The SMILES string of the molecule is Cc1ccc(NS(=O)(=O)c2ccc3c(c2)NC(=O)C(C)S3)cc1Cl. The second-order valence-corrected chi connectivity index (χ2v) is 8.95. The number of rotatable bonds is 3. The fourth-order valence-electron chi connectivity index (χ4n) is 2.23. The van der Waals surface area contributed by atoms with Crippen molar-refractivity contribution in [3.05, 3.63) is 47.0 Å². The summed E-state index contributed by atoms with van der Waals surface area (Å²) in [7, 11) is -3.78. The van der Waals surface area contributed by atoms with E-state index in [9.17, 15) is 13.2 Å². The van der Waals surface area contributed by atoms with Gasteiger partial charge >= 0.3 is 0 Å². The standard InChI is InChI=1S/C16H15ClN2O3S2/c1-9-3-4-11(7-13(9)17)19-24(21,22)12-5-6-15-14(8-12)18-16(20)10(2)23-15/h3-8,10,19H,1-2H3,(H,18,20). The highest BCUT2D eigenvalue weighted by Crippen LogP contribution is 2.37. The number of amides is 1. The van der Waals surface area contributed by atoms with Crippen LogP contribution in [0.1, 0.15) is 12.5 Å². The van der Waals surface area contributed by atoms with Crippen LogP contribution in [0, 0.1) is 6.92 Å². The Bertz CT molecular complexity index is 929. The Morgan fingerprint density at radius 2 is 1.96 bits per heavy atom. The topological polar surface area (TPSA) is 75.3 Å². The number of thioether (sulfide) groups is 1. The van der Waals surface area contributed by atoms with Gasteiger partial charge in [0, 0.05) is 9.92 Å². The van der Waals surface area contributed by atoms with Crippen molar-refractivity contribution in [3.8, 4) is 0 Å². The van der Waals surface area contributed by atoms with Gasteiger partial charge in [-0.3, -0.25) is 9.52 Å². The summed E-state index contributed by atoms with van der Waals surface area (Å²) in [6, 6.07) is 9.64. The number of carbonyl (C=O) groups excluding carboxylic acids is 1. The summed E-state index contributed by atoms with van der Waals surface area (Å²) in [6.07, 6.45) is 0. The van der Waals surface area contributed by atoms with Gasteiger partial charge in [-0.05, 0) is 49.7 Å². The van der Waals surface area contributed by atoms with Gasteiger partial charge in [-0.15, -0.1) is 11.8 Å². The Labute approximate surface area is 149 Å². The highest BCUT2D eigenvalue weighted by molar-refractivity contribution is 8.01. The molecular weight excluding hydrogens is 368 g/mol. The molecule has 1 atom stereocenters. The highest BCUT2D eigenvalue weighted by Gasteiger charge is 2.25.